The van der Waals surface area contributed by atoms with Crippen LogP contribution in [-0.4, -0.2) is 0 Å². The Kier molecular flexibility index (Phi) is 6.93. The molecule has 6 aromatic rings. The lowest BCUT2D eigenvalue weighted by molar-refractivity contribution is 0.563. The second-order valence-electron chi connectivity index (χ2n) is 16.7. The minimum absolute atomic E-state index is 0.0823. The van der Waals surface area contributed by atoms with Crippen LogP contribution in [0.3, 0.4) is 0 Å². The monoisotopic (exact) mass is 637 g/mol. The van der Waals surface area contributed by atoms with Crippen molar-refractivity contribution < 1.29 is 0 Å². The van der Waals surface area contributed by atoms with Crippen molar-refractivity contribution in [1.82, 2.24) is 0 Å². The van der Waals surface area contributed by atoms with Crippen molar-refractivity contribution in [3.8, 4) is 11.1 Å². The van der Waals surface area contributed by atoms with Crippen LogP contribution in [0.1, 0.15) is 99.9 Å². The van der Waals surface area contributed by atoms with Gasteiger partial charge < -0.3 is 4.90 Å². The zero-order valence-corrected chi connectivity index (χ0v) is 30.2. The summed E-state index contributed by atoms with van der Waals surface area (Å²) >= 11 is 0. The predicted octanol–water partition coefficient (Wildman–Crippen LogP) is 12.8. The van der Waals surface area contributed by atoms with Crippen molar-refractivity contribution in [2.75, 3.05) is 4.90 Å². The highest BCUT2D eigenvalue weighted by Gasteiger charge is 2.53. The average Bonchev–Trinajstić information content (AvgIpc) is 3.38. The summed E-state index contributed by atoms with van der Waals surface area (Å²) in [5, 5.41) is 0. The molecule has 0 saturated carbocycles. The van der Waals surface area contributed by atoms with Crippen LogP contribution >= 0.6 is 0 Å². The van der Waals surface area contributed by atoms with Crippen LogP contribution in [0.5, 0.6) is 0 Å². The number of benzene rings is 6. The highest BCUT2D eigenvalue weighted by Crippen LogP contribution is 2.62. The zero-order chi connectivity index (χ0) is 34.3. The fourth-order valence-corrected chi connectivity index (χ4v) is 8.66. The van der Waals surface area contributed by atoms with Gasteiger partial charge in [0.15, 0.2) is 0 Å². The van der Waals surface area contributed by atoms with Gasteiger partial charge >= 0.3 is 0 Å². The van der Waals surface area contributed by atoms with Gasteiger partial charge in [-0.3, -0.25) is 0 Å². The molecule has 2 aliphatic rings. The van der Waals surface area contributed by atoms with Crippen molar-refractivity contribution in [2.45, 2.75) is 77.0 Å². The molecule has 0 unspecified atom stereocenters. The minimum Gasteiger partial charge on any atom is -0.310 e. The largest absolute Gasteiger partial charge is 0.310 e. The Morgan fingerprint density at radius 3 is 1.24 bits per heavy atom. The van der Waals surface area contributed by atoms with E-state index in [1.807, 2.05) is 0 Å². The molecular formula is C48H47N. The number of rotatable bonds is 3. The minimum atomic E-state index is -0.428. The van der Waals surface area contributed by atoms with Gasteiger partial charge in [0.2, 0.25) is 0 Å². The van der Waals surface area contributed by atoms with E-state index in [4.69, 9.17) is 0 Å². The predicted molar refractivity (Wildman–Crippen MR) is 208 cm³/mol. The molecule has 0 bridgehead atoms. The van der Waals surface area contributed by atoms with E-state index >= 15 is 0 Å². The first-order valence-corrected chi connectivity index (χ1v) is 17.8. The average molecular weight is 638 g/mol. The lowest BCUT2D eigenvalue weighted by Crippen LogP contribution is -2.40. The van der Waals surface area contributed by atoms with Gasteiger partial charge in [-0.15, -0.1) is 0 Å². The maximum Gasteiger partial charge on any atom is 0.0720 e. The molecule has 0 heterocycles. The maximum atomic E-state index is 2.50. The molecule has 1 heteroatoms. The summed E-state index contributed by atoms with van der Waals surface area (Å²) in [5.74, 6) is 0. The van der Waals surface area contributed by atoms with Gasteiger partial charge in [-0.2, -0.15) is 0 Å². The van der Waals surface area contributed by atoms with E-state index in [-0.39, 0.29) is 16.2 Å². The topological polar surface area (TPSA) is 3.24 Å². The number of hydrogen-bond donors (Lipinski definition) is 0. The van der Waals surface area contributed by atoms with Crippen molar-refractivity contribution in [1.29, 1.82) is 0 Å². The van der Waals surface area contributed by atoms with E-state index < -0.39 is 5.41 Å². The Morgan fingerprint density at radius 2 is 0.776 bits per heavy atom. The van der Waals surface area contributed by atoms with Gasteiger partial charge in [-0.25, -0.2) is 0 Å². The molecule has 2 aliphatic carbocycles. The van der Waals surface area contributed by atoms with Crippen LogP contribution in [0, 0.1) is 0 Å². The fourth-order valence-electron chi connectivity index (χ4n) is 8.66. The maximum absolute atomic E-state index is 2.50. The Hall–Kier alpha value is -4.88. The molecule has 0 saturated heterocycles. The first-order chi connectivity index (χ1) is 23.3. The summed E-state index contributed by atoms with van der Waals surface area (Å²) in [6.07, 6.45) is 0. The highest BCUT2D eigenvalue weighted by molar-refractivity contribution is 5.91. The van der Waals surface area contributed by atoms with Gasteiger partial charge in [0.25, 0.3) is 0 Å². The number of nitrogens with zero attached hydrogens (tertiary/aromatic N) is 1. The summed E-state index contributed by atoms with van der Waals surface area (Å²) in [6, 6.07) is 53.1. The lowest BCUT2D eigenvalue weighted by atomic mass is 9.55. The number of anilines is 3. The third kappa shape index (κ3) is 4.66. The van der Waals surface area contributed by atoms with Crippen LogP contribution in [-0.2, 0) is 21.7 Å². The molecule has 0 N–H and O–H groups in total. The van der Waals surface area contributed by atoms with E-state index in [0.717, 1.165) is 17.1 Å². The van der Waals surface area contributed by atoms with Gasteiger partial charge in [0, 0.05) is 22.5 Å². The summed E-state index contributed by atoms with van der Waals surface area (Å²) in [6.45, 7) is 18.5. The molecule has 244 valence electrons. The Balaban J connectivity index is 1.41. The molecule has 0 radical (unpaired) electrons. The quantitative estimate of drug-likeness (QED) is 0.186. The highest BCUT2D eigenvalue weighted by atomic mass is 15.1. The van der Waals surface area contributed by atoms with Crippen LogP contribution in [0.25, 0.3) is 11.1 Å². The zero-order valence-electron chi connectivity index (χ0n) is 30.2. The third-order valence-electron chi connectivity index (χ3n) is 11.3. The molecule has 1 nitrogen and oxygen atoms in total. The Bertz CT molecular complexity index is 2090. The van der Waals surface area contributed by atoms with Crippen LogP contribution in [0.2, 0.25) is 0 Å². The summed E-state index contributed by atoms with van der Waals surface area (Å²) < 4.78 is 0. The van der Waals surface area contributed by atoms with Gasteiger partial charge in [0.1, 0.15) is 0 Å². The third-order valence-corrected chi connectivity index (χ3v) is 11.3. The summed E-state index contributed by atoms with van der Waals surface area (Å²) in [7, 11) is 0. The first-order valence-electron chi connectivity index (χ1n) is 17.8. The van der Waals surface area contributed by atoms with Gasteiger partial charge in [0.05, 0.1) is 5.41 Å². The Morgan fingerprint density at radius 1 is 0.388 bits per heavy atom. The van der Waals surface area contributed by atoms with Crippen LogP contribution < -0.4 is 4.90 Å². The van der Waals surface area contributed by atoms with Crippen molar-refractivity contribution in [3.63, 3.8) is 0 Å². The van der Waals surface area contributed by atoms with Gasteiger partial charge in [-0.05, 0) is 103 Å². The van der Waals surface area contributed by atoms with E-state index in [2.05, 4.69) is 200 Å². The van der Waals surface area contributed by atoms with Crippen LogP contribution in [0.15, 0.2) is 140 Å². The second kappa shape index (κ2) is 10.8. The summed E-state index contributed by atoms with van der Waals surface area (Å²) in [4.78, 5) is 2.44. The van der Waals surface area contributed by atoms with E-state index in [1.165, 1.54) is 55.6 Å². The molecule has 0 atom stereocenters. The molecule has 0 aliphatic heterocycles. The molecule has 0 fully saturated rings. The molecule has 1 spiro atoms. The first kappa shape index (κ1) is 31.4. The van der Waals surface area contributed by atoms with Gasteiger partial charge in [-0.1, -0.05) is 159 Å². The SMILES string of the molecule is CC(C)(C)c1ccc(N(c2ccc(C(C)(C)C)cc2)c2ccc3c(c2)C2(c4ccccc4-3)c3ccccc3C(C)(C)c3ccccc32)cc1. The molecule has 49 heavy (non-hydrogen) atoms. The molecule has 0 amide bonds. The smallest absolute Gasteiger partial charge is 0.0720 e. The standard InChI is InChI=1S/C48H47N/c1-45(2,3)32-21-25-34(26-22-32)49(35-27-23-33(24-28-35)46(4,5)6)36-29-30-38-37-15-9-10-16-39(37)48(44(38)31-36)42-19-13-11-17-40(42)47(7,8)41-18-12-14-20-43(41)48/h9-31H,1-8H3. The molecular weight excluding hydrogens is 591 g/mol. The van der Waals surface area contributed by atoms with Crippen molar-refractivity contribution in [3.05, 3.63) is 184 Å². The fraction of sp³-hybridized carbons (Fsp3) is 0.250. The number of hydrogen-bond acceptors (Lipinski definition) is 1. The lowest BCUT2D eigenvalue weighted by Gasteiger charge is -2.46. The summed E-state index contributed by atoms with van der Waals surface area (Å²) in [5.41, 5.74) is 16.7. The van der Waals surface area contributed by atoms with E-state index in [0.29, 0.717) is 0 Å². The van der Waals surface area contributed by atoms with E-state index in [9.17, 15) is 0 Å². The normalized spacial score (nSPS) is 15.3. The van der Waals surface area contributed by atoms with Crippen molar-refractivity contribution in [2.24, 2.45) is 0 Å². The van der Waals surface area contributed by atoms with E-state index in [1.54, 1.807) is 0 Å². The molecule has 8 rings (SSSR count). The van der Waals surface area contributed by atoms with Crippen LogP contribution in [0.4, 0.5) is 17.1 Å². The molecule has 0 aromatic heterocycles. The Labute approximate surface area is 293 Å². The van der Waals surface area contributed by atoms with Crippen molar-refractivity contribution >= 4 is 17.1 Å². The molecule has 6 aromatic carbocycles. The second-order valence-corrected chi connectivity index (χ2v) is 16.7. The number of fused-ring (bicyclic) bond motifs is 9.